The third-order valence-corrected chi connectivity index (χ3v) is 4.46. The summed E-state index contributed by atoms with van der Waals surface area (Å²) in [7, 11) is 0. The lowest BCUT2D eigenvalue weighted by atomic mass is 9.97. The van der Waals surface area contributed by atoms with Crippen LogP contribution in [0.3, 0.4) is 0 Å². The van der Waals surface area contributed by atoms with Crippen LogP contribution in [0.25, 0.3) is 0 Å². The van der Waals surface area contributed by atoms with Gasteiger partial charge < -0.3 is 9.84 Å². The van der Waals surface area contributed by atoms with Crippen LogP contribution in [0.15, 0.2) is 30.3 Å². The first kappa shape index (κ1) is 17.5. The van der Waals surface area contributed by atoms with E-state index in [4.69, 9.17) is 4.74 Å². The average Bonchev–Trinajstić information content (AvgIpc) is 2.86. The second-order valence-corrected chi connectivity index (χ2v) is 6.16. The van der Waals surface area contributed by atoms with Crippen molar-refractivity contribution >= 4 is 12.0 Å². The molecule has 0 bridgehead atoms. The number of ether oxygens (including phenoxy) is 1. The first-order chi connectivity index (χ1) is 11.0. The number of benzene rings is 1. The van der Waals surface area contributed by atoms with Crippen molar-refractivity contribution in [3.05, 3.63) is 35.9 Å². The highest BCUT2D eigenvalue weighted by atomic mass is 16.6. The smallest absolute Gasteiger partial charge is 0.417 e. The Hall–Kier alpha value is -1.88. The Kier molecular flexibility index (Phi) is 5.77. The molecule has 0 saturated carbocycles. The van der Waals surface area contributed by atoms with Crippen molar-refractivity contribution in [3.8, 4) is 0 Å². The zero-order valence-electron chi connectivity index (χ0n) is 13.9. The van der Waals surface area contributed by atoms with Crippen molar-refractivity contribution in [1.29, 1.82) is 0 Å². The number of unbranched alkanes of at least 4 members (excludes halogenated alkanes) is 1. The predicted octanol–water partition coefficient (Wildman–Crippen LogP) is 3.28. The van der Waals surface area contributed by atoms with E-state index >= 15 is 0 Å². The molecular weight excluding hydrogens is 294 g/mol. The molecule has 1 aromatic carbocycles. The second-order valence-electron chi connectivity index (χ2n) is 6.16. The SMILES string of the molecule is CCCC[C@H](O)[C@@H](C)C(=O)N1C(=O)O[C@@H](c2ccccc2)[C@H]1C. The molecule has 1 fully saturated rings. The van der Waals surface area contributed by atoms with Crippen molar-refractivity contribution in [2.75, 3.05) is 0 Å². The third-order valence-electron chi connectivity index (χ3n) is 4.46. The van der Waals surface area contributed by atoms with Crippen LogP contribution in [0.2, 0.25) is 0 Å². The molecular formula is C18H25NO4. The number of amides is 2. The molecule has 0 unspecified atom stereocenters. The molecule has 1 aromatic rings. The lowest BCUT2D eigenvalue weighted by Gasteiger charge is -2.25. The van der Waals surface area contributed by atoms with Gasteiger partial charge in [-0.05, 0) is 18.9 Å². The van der Waals surface area contributed by atoms with E-state index in [0.29, 0.717) is 6.42 Å². The number of cyclic esters (lactones) is 1. The van der Waals surface area contributed by atoms with Crippen LogP contribution in [-0.4, -0.2) is 34.2 Å². The van der Waals surface area contributed by atoms with E-state index in [2.05, 4.69) is 0 Å². The molecule has 2 amide bonds. The molecule has 126 valence electrons. The second kappa shape index (κ2) is 7.59. The van der Waals surface area contributed by atoms with Gasteiger partial charge >= 0.3 is 6.09 Å². The zero-order valence-corrected chi connectivity index (χ0v) is 13.9. The Morgan fingerprint density at radius 2 is 2.00 bits per heavy atom. The highest BCUT2D eigenvalue weighted by molar-refractivity contribution is 5.95. The number of nitrogens with zero attached hydrogens (tertiary/aromatic N) is 1. The first-order valence-electron chi connectivity index (χ1n) is 8.24. The molecule has 0 aliphatic carbocycles. The minimum atomic E-state index is -0.738. The van der Waals surface area contributed by atoms with Gasteiger partial charge in [0.25, 0.3) is 0 Å². The van der Waals surface area contributed by atoms with Gasteiger partial charge in [0.05, 0.1) is 18.1 Å². The number of imide groups is 1. The molecule has 0 aromatic heterocycles. The van der Waals surface area contributed by atoms with Crippen molar-refractivity contribution in [2.45, 2.75) is 58.3 Å². The number of hydrogen-bond acceptors (Lipinski definition) is 4. The standard InChI is InChI=1S/C18H25NO4/c1-4-5-11-15(20)12(2)17(21)19-13(3)16(23-18(19)22)14-9-7-6-8-10-14/h6-10,12-13,15-16,20H,4-5,11H2,1-3H3/t12-,13-,15+,16-/m1/s1. The summed E-state index contributed by atoms with van der Waals surface area (Å²) in [5, 5.41) is 10.1. The monoisotopic (exact) mass is 319 g/mol. The molecule has 5 nitrogen and oxygen atoms in total. The Bertz CT molecular complexity index is 545. The molecule has 4 atom stereocenters. The van der Waals surface area contributed by atoms with E-state index < -0.39 is 30.3 Å². The molecule has 0 radical (unpaired) electrons. The van der Waals surface area contributed by atoms with Crippen LogP contribution in [0.1, 0.15) is 51.7 Å². The average molecular weight is 319 g/mol. The summed E-state index contributed by atoms with van der Waals surface area (Å²) < 4.78 is 5.39. The van der Waals surface area contributed by atoms with Gasteiger partial charge in [-0.15, -0.1) is 0 Å². The van der Waals surface area contributed by atoms with Crippen LogP contribution < -0.4 is 0 Å². The van der Waals surface area contributed by atoms with Gasteiger partial charge in [0.1, 0.15) is 6.10 Å². The van der Waals surface area contributed by atoms with E-state index in [1.165, 1.54) is 0 Å². The molecule has 5 heteroatoms. The molecule has 1 aliphatic heterocycles. The van der Waals surface area contributed by atoms with Crippen LogP contribution in [0, 0.1) is 5.92 Å². The molecule has 23 heavy (non-hydrogen) atoms. The first-order valence-corrected chi connectivity index (χ1v) is 8.24. The summed E-state index contributed by atoms with van der Waals surface area (Å²) in [6.07, 6.45) is 0.529. The van der Waals surface area contributed by atoms with E-state index in [0.717, 1.165) is 23.3 Å². The van der Waals surface area contributed by atoms with Crippen LogP contribution in [-0.2, 0) is 9.53 Å². The van der Waals surface area contributed by atoms with E-state index in [9.17, 15) is 14.7 Å². The number of rotatable bonds is 6. The summed E-state index contributed by atoms with van der Waals surface area (Å²) in [6, 6.07) is 9.00. The number of carbonyl (C=O) groups excluding carboxylic acids is 2. The normalized spacial score (nSPS) is 23.5. The maximum absolute atomic E-state index is 12.6. The largest absolute Gasteiger partial charge is 0.439 e. The summed E-state index contributed by atoms with van der Waals surface area (Å²) in [4.78, 5) is 25.9. The van der Waals surface area contributed by atoms with E-state index in [1.54, 1.807) is 13.8 Å². The molecule has 1 aliphatic rings. The topological polar surface area (TPSA) is 66.8 Å². The number of aliphatic hydroxyl groups is 1. The van der Waals surface area contributed by atoms with Gasteiger partial charge in [-0.2, -0.15) is 0 Å². The maximum atomic E-state index is 12.6. The molecule has 1 heterocycles. The van der Waals surface area contributed by atoms with Crippen LogP contribution in [0.5, 0.6) is 0 Å². The number of carbonyl (C=O) groups is 2. The van der Waals surface area contributed by atoms with Crippen molar-refractivity contribution < 1.29 is 19.4 Å². The zero-order chi connectivity index (χ0) is 17.0. The predicted molar refractivity (Wildman–Crippen MR) is 86.7 cm³/mol. The molecule has 1 N–H and O–H groups in total. The maximum Gasteiger partial charge on any atom is 0.417 e. The number of aliphatic hydroxyl groups excluding tert-OH is 1. The third kappa shape index (κ3) is 3.72. The van der Waals surface area contributed by atoms with Crippen molar-refractivity contribution in [2.24, 2.45) is 5.92 Å². The van der Waals surface area contributed by atoms with Gasteiger partial charge in [0.2, 0.25) is 5.91 Å². The molecule has 1 saturated heterocycles. The van der Waals surface area contributed by atoms with Gasteiger partial charge in [-0.1, -0.05) is 57.0 Å². The summed E-state index contributed by atoms with van der Waals surface area (Å²) >= 11 is 0. The van der Waals surface area contributed by atoms with Crippen molar-refractivity contribution in [3.63, 3.8) is 0 Å². The highest BCUT2D eigenvalue weighted by Crippen LogP contribution is 2.33. The van der Waals surface area contributed by atoms with Gasteiger partial charge in [0.15, 0.2) is 0 Å². The van der Waals surface area contributed by atoms with Gasteiger partial charge in [0, 0.05) is 0 Å². The van der Waals surface area contributed by atoms with Gasteiger partial charge in [-0.3, -0.25) is 4.79 Å². The van der Waals surface area contributed by atoms with E-state index in [-0.39, 0.29) is 5.91 Å². The van der Waals surface area contributed by atoms with Gasteiger partial charge in [-0.25, -0.2) is 9.69 Å². The summed E-state index contributed by atoms with van der Waals surface area (Å²) in [6.45, 7) is 5.49. The van der Waals surface area contributed by atoms with Crippen LogP contribution >= 0.6 is 0 Å². The number of hydrogen-bond donors (Lipinski definition) is 1. The lowest BCUT2D eigenvalue weighted by molar-refractivity contribution is -0.136. The summed E-state index contributed by atoms with van der Waals surface area (Å²) in [5.41, 5.74) is 0.864. The Balaban J connectivity index is 2.10. The fraction of sp³-hybridized carbons (Fsp3) is 0.556. The minimum absolute atomic E-state index is 0.371. The highest BCUT2D eigenvalue weighted by Gasteiger charge is 2.45. The lowest BCUT2D eigenvalue weighted by Crippen LogP contribution is -2.44. The fourth-order valence-corrected chi connectivity index (χ4v) is 2.89. The quantitative estimate of drug-likeness (QED) is 0.874. The fourth-order valence-electron chi connectivity index (χ4n) is 2.89. The van der Waals surface area contributed by atoms with Crippen LogP contribution in [0.4, 0.5) is 4.79 Å². The minimum Gasteiger partial charge on any atom is -0.439 e. The van der Waals surface area contributed by atoms with Crippen molar-refractivity contribution in [1.82, 2.24) is 4.90 Å². The molecule has 2 rings (SSSR count). The molecule has 0 spiro atoms. The Morgan fingerprint density at radius 1 is 1.35 bits per heavy atom. The Labute approximate surface area is 137 Å². The van der Waals surface area contributed by atoms with E-state index in [1.807, 2.05) is 37.3 Å². The Morgan fingerprint density at radius 3 is 2.61 bits per heavy atom. The summed E-state index contributed by atoms with van der Waals surface area (Å²) in [5.74, 6) is -0.990.